The Bertz CT molecular complexity index is 602. The van der Waals surface area contributed by atoms with Crippen LogP contribution < -0.4 is 10.3 Å². The molecule has 2 N–H and O–H groups in total. The van der Waals surface area contributed by atoms with E-state index in [9.17, 15) is 0 Å². The zero-order chi connectivity index (χ0) is 15.1. The fourth-order valence-corrected chi connectivity index (χ4v) is 2.05. The molecule has 2 rings (SSSR count). The number of H-pyrrole nitrogens is 1. The lowest BCUT2D eigenvalue weighted by molar-refractivity contribution is 0.974. The van der Waals surface area contributed by atoms with E-state index in [2.05, 4.69) is 37.2 Å². The van der Waals surface area contributed by atoms with Gasteiger partial charge in [-0.15, -0.1) is 11.7 Å². The minimum Gasteiger partial charge on any atom is -0.378 e. The topological polar surface area (TPSA) is 69.2 Å². The Labute approximate surface area is 128 Å². The Morgan fingerprint density at radius 2 is 2.14 bits per heavy atom. The Kier molecular flexibility index (Phi) is 5.39. The lowest BCUT2D eigenvalue weighted by Crippen LogP contribution is -2.08. The summed E-state index contributed by atoms with van der Waals surface area (Å²) in [5, 5.41) is 11.6. The number of nitrogens with zero attached hydrogens (tertiary/aromatic N) is 4. The molecule has 7 heteroatoms. The second kappa shape index (κ2) is 7.49. The van der Waals surface area contributed by atoms with Crippen LogP contribution in [-0.4, -0.2) is 41.2 Å². The molecule has 0 amide bonds. The molecule has 110 valence electrons. The van der Waals surface area contributed by atoms with Gasteiger partial charge in [0.05, 0.1) is 6.21 Å². The van der Waals surface area contributed by atoms with Gasteiger partial charge in [-0.2, -0.15) is 10.1 Å². The van der Waals surface area contributed by atoms with Gasteiger partial charge in [-0.25, -0.2) is 10.5 Å². The van der Waals surface area contributed by atoms with Crippen LogP contribution in [0.1, 0.15) is 5.56 Å². The lowest BCUT2D eigenvalue weighted by Gasteiger charge is -2.11. The maximum atomic E-state index is 4.23. The summed E-state index contributed by atoms with van der Waals surface area (Å²) in [6, 6.07) is 8.10. The van der Waals surface area contributed by atoms with E-state index in [1.54, 1.807) is 6.21 Å². The van der Waals surface area contributed by atoms with Gasteiger partial charge in [0.15, 0.2) is 0 Å². The number of anilines is 2. The van der Waals surface area contributed by atoms with Crippen LogP contribution in [0.3, 0.4) is 0 Å². The highest BCUT2D eigenvalue weighted by atomic mass is 32.2. The molecule has 0 unspecified atom stereocenters. The minimum absolute atomic E-state index is 0.516. The zero-order valence-corrected chi connectivity index (χ0v) is 12.9. The molecule has 21 heavy (non-hydrogen) atoms. The average molecular weight is 302 g/mol. The second-order valence-electron chi connectivity index (χ2n) is 4.42. The molecule has 0 saturated heterocycles. The Hall–Kier alpha value is -2.28. The molecule has 2 aromatic rings. The Morgan fingerprint density at radius 3 is 2.81 bits per heavy atom. The first-order valence-corrected chi connectivity index (χ1v) is 7.40. The fourth-order valence-electron chi connectivity index (χ4n) is 1.52. The summed E-state index contributed by atoms with van der Waals surface area (Å²) in [4.78, 5) is 6.28. The van der Waals surface area contributed by atoms with Gasteiger partial charge >= 0.3 is 0 Å². The van der Waals surface area contributed by atoms with Gasteiger partial charge in [0, 0.05) is 25.5 Å². The first kappa shape index (κ1) is 15.1. The van der Waals surface area contributed by atoms with Gasteiger partial charge < -0.3 is 4.90 Å². The highest BCUT2D eigenvalue weighted by Crippen LogP contribution is 2.14. The van der Waals surface area contributed by atoms with Crippen LogP contribution in [0.5, 0.6) is 0 Å². The number of hydrogen-bond acceptors (Lipinski definition) is 6. The smallest absolute Gasteiger partial charge is 0.240 e. The van der Waals surface area contributed by atoms with Gasteiger partial charge in [-0.3, -0.25) is 0 Å². The molecular weight excluding hydrogens is 284 g/mol. The SMILES string of the molecule is C=CCSc1n[nH]c(N/N=C\c2ccc(N(C)C)cc2)n1. The second-order valence-corrected chi connectivity index (χ2v) is 5.41. The number of nitrogens with one attached hydrogen (secondary N) is 2. The molecule has 0 bridgehead atoms. The number of aromatic nitrogens is 3. The van der Waals surface area contributed by atoms with E-state index in [0.29, 0.717) is 11.1 Å². The monoisotopic (exact) mass is 302 g/mol. The van der Waals surface area contributed by atoms with Crippen molar-refractivity contribution < 1.29 is 0 Å². The van der Waals surface area contributed by atoms with Crippen molar-refractivity contribution in [2.75, 3.05) is 30.2 Å². The summed E-state index contributed by atoms with van der Waals surface area (Å²) in [7, 11) is 4.02. The predicted octanol–water partition coefficient (Wildman–Crippen LogP) is 2.59. The van der Waals surface area contributed by atoms with Crippen molar-refractivity contribution in [2.45, 2.75) is 5.16 Å². The van der Waals surface area contributed by atoms with Gasteiger partial charge in [-0.05, 0) is 17.7 Å². The summed E-state index contributed by atoms with van der Waals surface area (Å²) in [5.74, 6) is 1.29. The van der Waals surface area contributed by atoms with Crippen molar-refractivity contribution in [3.05, 3.63) is 42.5 Å². The normalized spacial score (nSPS) is 10.8. The van der Waals surface area contributed by atoms with Crippen molar-refractivity contribution >= 4 is 29.6 Å². The molecule has 0 radical (unpaired) electrons. The van der Waals surface area contributed by atoms with Gasteiger partial charge in [-0.1, -0.05) is 30.0 Å². The molecule has 0 atom stereocenters. The molecule has 0 aliphatic carbocycles. The average Bonchev–Trinajstić information content (AvgIpc) is 2.93. The molecule has 0 aliphatic heterocycles. The maximum absolute atomic E-state index is 4.23. The fraction of sp³-hybridized carbons (Fsp3) is 0.214. The van der Waals surface area contributed by atoms with E-state index in [-0.39, 0.29) is 0 Å². The number of hydrazone groups is 1. The van der Waals surface area contributed by atoms with E-state index in [1.165, 1.54) is 11.8 Å². The van der Waals surface area contributed by atoms with Crippen molar-refractivity contribution in [1.29, 1.82) is 0 Å². The third kappa shape index (κ3) is 4.64. The predicted molar refractivity (Wildman–Crippen MR) is 89.3 cm³/mol. The molecule has 1 heterocycles. The van der Waals surface area contributed by atoms with Crippen LogP contribution >= 0.6 is 11.8 Å². The summed E-state index contributed by atoms with van der Waals surface area (Å²) in [6.07, 6.45) is 3.54. The first-order chi connectivity index (χ1) is 10.2. The van der Waals surface area contributed by atoms with Crippen LogP contribution in [0.4, 0.5) is 11.6 Å². The van der Waals surface area contributed by atoms with Crippen LogP contribution in [0.15, 0.2) is 47.2 Å². The number of aromatic amines is 1. The van der Waals surface area contributed by atoms with Crippen LogP contribution in [0.25, 0.3) is 0 Å². The molecule has 6 nitrogen and oxygen atoms in total. The van der Waals surface area contributed by atoms with Crippen LogP contribution in [0, 0.1) is 0 Å². The third-order valence-corrected chi connectivity index (χ3v) is 3.43. The van der Waals surface area contributed by atoms with Gasteiger partial charge in [0.25, 0.3) is 0 Å². The molecule has 1 aromatic heterocycles. The van der Waals surface area contributed by atoms with E-state index in [0.717, 1.165) is 17.0 Å². The largest absolute Gasteiger partial charge is 0.378 e. The summed E-state index contributed by atoms with van der Waals surface area (Å²) >= 11 is 1.51. The Morgan fingerprint density at radius 1 is 1.38 bits per heavy atom. The summed E-state index contributed by atoms with van der Waals surface area (Å²) < 4.78 is 0. The number of hydrogen-bond donors (Lipinski definition) is 2. The minimum atomic E-state index is 0.516. The van der Waals surface area contributed by atoms with Crippen molar-refractivity contribution in [2.24, 2.45) is 5.10 Å². The van der Waals surface area contributed by atoms with Gasteiger partial charge in [0.1, 0.15) is 0 Å². The van der Waals surface area contributed by atoms with Crippen molar-refractivity contribution in [3.8, 4) is 0 Å². The Balaban J connectivity index is 1.89. The quantitative estimate of drug-likeness (QED) is 0.356. The van der Waals surface area contributed by atoms with Gasteiger partial charge in [0.2, 0.25) is 11.1 Å². The van der Waals surface area contributed by atoms with Crippen LogP contribution in [0.2, 0.25) is 0 Å². The van der Waals surface area contributed by atoms with Crippen LogP contribution in [-0.2, 0) is 0 Å². The summed E-state index contributed by atoms with van der Waals surface area (Å²) in [5.41, 5.74) is 4.98. The zero-order valence-electron chi connectivity index (χ0n) is 12.1. The highest BCUT2D eigenvalue weighted by Gasteiger charge is 2.01. The van der Waals surface area contributed by atoms with E-state index in [4.69, 9.17) is 0 Å². The first-order valence-electron chi connectivity index (χ1n) is 6.41. The van der Waals surface area contributed by atoms with E-state index in [1.807, 2.05) is 44.4 Å². The number of rotatable bonds is 7. The van der Waals surface area contributed by atoms with E-state index >= 15 is 0 Å². The number of thioether (sulfide) groups is 1. The van der Waals surface area contributed by atoms with Crippen molar-refractivity contribution in [1.82, 2.24) is 15.2 Å². The molecule has 0 spiro atoms. The standard InChI is InChI=1S/C14H18N6S/c1-4-9-21-14-16-13(18-19-14)17-15-10-11-5-7-12(8-6-11)20(2)3/h4-8,10H,1,9H2,2-3H3,(H2,16,17,18,19)/b15-10-. The van der Waals surface area contributed by atoms with Crippen molar-refractivity contribution in [3.63, 3.8) is 0 Å². The molecular formula is C14H18N6S. The third-order valence-electron chi connectivity index (χ3n) is 2.59. The lowest BCUT2D eigenvalue weighted by atomic mass is 10.2. The maximum Gasteiger partial charge on any atom is 0.240 e. The molecule has 0 saturated carbocycles. The molecule has 1 aromatic carbocycles. The molecule has 0 fully saturated rings. The van der Waals surface area contributed by atoms with E-state index < -0.39 is 0 Å². The summed E-state index contributed by atoms with van der Waals surface area (Å²) in [6.45, 7) is 3.65. The molecule has 0 aliphatic rings. The highest BCUT2D eigenvalue weighted by molar-refractivity contribution is 7.99. The number of benzene rings is 1.